The molecule has 1 aliphatic carbocycles. The highest BCUT2D eigenvalue weighted by Gasteiger charge is 2.29. The van der Waals surface area contributed by atoms with E-state index in [1.807, 2.05) is 0 Å². The van der Waals surface area contributed by atoms with Gasteiger partial charge in [-0.25, -0.2) is 0 Å². The largest absolute Gasteiger partial charge is 0.507 e. The molecule has 5 nitrogen and oxygen atoms in total. The van der Waals surface area contributed by atoms with E-state index in [1.165, 1.54) is 23.1 Å². The highest BCUT2D eigenvalue weighted by atomic mass is 35.5. The number of carboxylic acid groups (broad SMARTS) is 1. The predicted molar refractivity (Wildman–Crippen MR) is 69.4 cm³/mol. The Kier molecular flexibility index (Phi) is 3.95. The number of aliphatic carboxylic acids is 1. The molecular formula is C13H14ClNO4. The van der Waals surface area contributed by atoms with E-state index in [4.69, 9.17) is 16.7 Å². The lowest BCUT2D eigenvalue weighted by atomic mass is 10.1. The lowest BCUT2D eigenvalue weighted by Gasteiger charge is -2.21. The molecule has 1 aromatic carbocycles. The molecule has 1 amide bonds. The van der Waals surface area contributed by atoms with Gasteiger partial charge in [0.1, 0.15) is 12.3 Å². The van der Waals surface area contributed by atoms with Gasteiger partial charge in [-0.1, -0.05) is 11.6 Å². The number of rotatable bonds is 5. The van der Waals surface area contributed by atoms with Crippen LogP contribution in [0.2, 0.25) is 5.02 Å². The van der Waals surface area contributed by atoms with Crippen molar-refractivity contribution >= 4 is 23.5 Å². The Morgan fingerprint density at radius 3 is 2.63 bits per heavy atom. The molecule has 2 rings (SSSR count). The van der Waals surface area contributed by atoms with Gasteiger partial charge in [-0.05, 0) is 37.0 Å². The van der Waals surface area contributed by atoms with E-state index in [9.17, 15) is 14.7 Å². The molecule has 2 N–H and O–H groups in total. The van der Waals surface area contributed by atoms with Crippen LogP contribution in [0.3, 0.4) is 0 Å². The Balaban J connectivity index is 2.21. The molecule has 0 radical (unpaired) electrons. The number of aromatic hydroxyl groups is 1. The predicted octanol–water partition coefficient (Wildman–Crippen LogP) is 1.98. The minimum atomic E-state index is -1.07. The molecule has 1 saturated carbocycles. The summed E-state index contributed by atoms with van der Waals surface area (Å²) in [5.74, 6) is -1.41. The van der Waals surface area contributed by atoms with Crippen molar-refractivity contribution in [2.45, 2.75) is 12.8 Å². The first kappa shape index (κ1) is 13.7. The summed E-state index contributed by atoms with van der Waals surface area (Å²) in [5.41, 5.74) is 0.0365. The summed E-state index contributed by atoms with van der Waals surface area (Å²) < 4.78 is 0. The van der Waals surface area contributed by atoms with Crippen LogP contribution in [0.25, 0.3) is 0 Å². The molecule has 0 bridgehead atoms. The first-order chi connectivity index (χ1) is 8.97. The van der Waals surface area contributed by atoms with Gasteiger partial charge >= 0.3 is 5.97 Å². The molecule has 1 fully saturated rings. The maximum atomic E-state index is 12.3. The number of hydrogen-bond acceptors (Lipinski definition) is 3. The lowest BCUT2D eigenvalue weighted by molar-refractivity contribution is -0.137. The minimum absolute atomic E-state index is 0.0365. The zero-order valence-electron chi connectivity index (χ0n) is 10.2. The third kappa shape index (κ3) is 3.61. The quantitative estimate of drug-likeness (QED) is 0.866. The second-order valence-electron chi connectivity index (χ2n) is 4.68. The maximum Gasteiger partial charge on any atom is 0.323 e. The zero-order valence-corrected chi connectivity index (χ0v) is 10.9. The van der Waals surface area contributed by atoms with Gasteiger partial charge in [0.25, 0.3) is 5.91 Å². The summed E-state index contributed by atoms with van der Waals surface area (Å²) in [6.45, 7) is 0.0262. The number of nitrogens with zero attached hydrogens (tertiary/aromatic N) is 1. The van der Waals surface area contributed by atoms with E-state index in [0.717, 1.165) is 12.8 Å². The van der Waals surface area contributed by atoms with E-state index < -0.39 is 11.9 Å². The summed E-state index contributed by atoms with van der Waals surface area (Å²) in [5, 5.41) is 18.9. The molecule has 6 heteroatoms. The second kappa shape index (κ2) is 5.48. The molecule has 0 aliphatic heterocycles. The fourth-order valence-corrected chi connectivity index (χ4v) is 2.02. The van der Waals surface area contributed by atoms with Crippen LogP contribution in [0.4, 0.5) is 0 Å². The Morgan fingerprint density at radius 2 is 2.05 bits per heavy atom. The normalized spacial score (nSPS) is 14.2. The Bertz CT molecular complexity index is 513. The van der Waals surface area contributed by atoms with Crippen molar-refractivity contribution in [2.75, 3.05) is 13.1 Å². The molecule has 0 unspecified atom stereocenters. The SMILES string of the molecule is O=C(O)CN(CC1CC1)C(=O)c1cc(Cl)ccc1O. The Labute approximate surface area is 115 Å². The number of halogens is 1. The van der Waals surface area contributed by atoms with Crippen LogP contribution < -0.4 is 0 Å². The van der Waals surface area contributed by atoms with E-state index >= 15 is 0 Å². The molecule has 102 valence electrons. The number of benzene rings is 1. The average molecular weight is 284 g/mol. The summed E-state index contributed by atoms with van der Waals surface area (Å²) in [6.07, 6.45) is 2.01. The minimum Gasteiger partial charge on any atom is -0.507 e. The van der Waals surface area contributed by atoms with Gasteiger partial charge in [0.15, 0.2) is 0 Å². The van der Waals surface area contributed by atoms with Crippen molar-refractivity contribution in [1.82, 2.24) is 4.90 Å². The summed E-state index contributed by atoms with van der Waals surface area (Å²) in [6, 6.07) is 4.14. The highest BCUT2D eigenvalue weighted by Crippen LogP contribution is 2.31. The van der Waals surface area contributed by atoms with Gasteiger partial charge in [-0.15, -0.1) is 0 Å². The zero-order chi connectivity index (χ0) is 14.0. The molecular weight excluding hydrogens is 270 g/mol. The third-order valence-corrected chi connectivity index (χ3v) is 3.21. The van der Waals surface area contributed by atoms with E-state index in [-0.39, 0.29) is 17.9 Å². The molecule has 0 aromatic heterocycles. The molecule has 19 heavy (non-hydrogen) atoms. The van der Waals surface area contributed by atoms with Crippen molar-refractivity contribution in [3.05, 3.63) is 28.8 Å². The average Bonchev–Trinajstić information content (AvgIpc) is 3.14. The number of hydrogen-bond donors (Lipinski definition) is 2. The maximum absolute atomic E-state index is 12.3. The molecule has 0 saturated heterocycles. The van der Waals surface area contributed by atoms with Crippen molar-refractivity contribution in [3.63, 3.8) is 0 Å². The van der Waals surface area contributed by atoms with Crippen molar-refractivity contribution in [1.29, 1.82) is 0 Å². The number of carboxylic acids is 1. The number of carbonyl (C=O) groups is 2. The number of amides is 1. The van der Waals surface area contributed by atoms with E-state index in [2.05, 4.69) is 0 Å². The number of phenols is 1. The smallest absolute Gasteiger partial charge is 0.323 e. The van der Waals surface area contributed by atoms with E-state index in [1.54, 1.807) is 0 Å². The van der Waals surface area contributed by atoms with Crippen LogP contribution in [0.1, 0.15) is 23.2 Å². The summed E-state index contributed by atoms with van der Waals surface area (Å²) >= 11 is 5.79. The van der Waals surface area contributed by atoms with Gasteiger partial charge in [-0.3, -0.25) is 9.59 Å². The molecule has 0 atom stereocenters. The van der Waals surface area contributed by atoms with Gasteiger partial charge in [0, 0.05) is 11.6 Å². The monoisotopic (exact) mass is 283 g/mol. The molecule has 1 aromatic rings. The van der Waals surface area contributed by atoms with Gasteiger partial charge in [0.2, 0.25) is 0 Å². The van der Waals surface area contributed by atoms with Crippen LogP contribution >= 0.6 is 11.6 Å². The first-order valence-corrected chi connectivity index (χ1v) is 6.34. The number of phenolic OH excluding ortho intramolecular Hbond substituents is 1. The Hall–Kier alpha value is -1.75. The van der Waals surface area contributed by atoms with Crippen LogP contribution in [0.15, 0.2) is 18.2 Å². The Morgan fingerprint density at radius 1 is 1.37 bits per heavy atom. The molecule has 1 aliphatic rings. The lowest BCUT2D eigenvalue weighted by Crippen LogP contribution is -2.37. The molecule has 0 spiro atoms. The number of carbonyl (C=O) groups excluding carboxylic acids is 1. The van der Waals surface area contributed by atoms with Crippen molar-refractivity contribution < 1.29 is 19.8 Å². The van der Waals surface area contributed by atoms with Crippen LogP contribution in [0.5, 0.6) is 5.75 Å². The third-order valence-electron chi connectivity index (χ3n) is 2.98. The van der Waals surface area contributed by atoms with E-state index in [0.29, 0.717) is 17.5 Å². The topological polar surface area (TPSA) is 77.8 Å². The van der Waals surface area contributed by atoms with Crippen molar-refractivity contribution in [3.8, 4) is 5.75 Å². The van der Waals surface area contributed by atoms with Gasteiger partial charge < -0.3 is 15.1 Å². The van der Waals surface area contributed by atoms with Crippen LogP contribution in [-0.4, -0.2) is 40.1 Å². The standard InChI is InChI=1S/C13H14ClNO4/c14-9-3-4-11(16)10(5-9)13(19)15(7-12(17)18)6-8-1-2-8/h3-5,8,16H,1-2,6-7H2,(H,17,18). The first-order valence-electron chi connectivity index (χ1n) is 5.97. The second-order valence-corrected chi connectivity index (χ2v) is 5.12. The van der Waals surface area contributed by atoms with Crippen LogP contribution in [-0.2, 0) is 4.79 Å². The van der Waals surface area contributed by atoms with Gasteiger partial charge in [-0.2, -0.15) is 0 Å². The fourth-order valence-electron chi connectivity index (χ4n) is 1.84. The summed E-state index contributed by atoms with van der Waals surface area (Å²) in [4.78, 5) is 24.3. The highest BCUT2D eigenvalue weighted by molar-refractivity contribution is 6.31. The fraction of sp³-hybridized carbons (Fsp3) is 0.385. The van der Waals surface area contributed by atoms with Crippen molar-refractivity contribution in [2.24, 2.45) is 5.92 Å². The molecule has 0 heterocycles. The van der Waals surface area contributed by atoms with Crippen LogP contribution in [0, 0.1) is 5.92 Å². The van der Waals surface area contributed by atoms with Gasteiger partial charge in [0.05, 0.1) is 5.56 Å². The summed E-state index contributed by atoms with van der Waals surface area (Å²) in [7, 11) is 0.